The van der Waals surface area contributed by atoms with Crippen LogP contribution in [0, 0.1) is 5.82 Å². The quantitative estimate of drug-likeness (QED) is 0.704. The summed E-state index contributed by atoms with van der Waals surface area (Å²) in [7, 11) is 0. The molecule has 0 amide bonds. The van der Waals surface area contributed by atoms with E-state index in [1.54, 1.807) is 6.07 Å². The third-order valence-corrected chi connectivity index (χ3v) is 3.39. The smallest absolute Gasteiger partial charge is 0.163 e. The number of ketones is 1. The van der Waals surface area contributed by atoms with Crippen LogP contribution in [0.2, 0.25) is 0 Å². The monoisotopic (exact) mass is 252 g/mol. The molecule has 0 radical (unpaired) electrons. The Morgan fingerprint density at radius 2 is 1.79 bits per heavy atom. The molecule has 2 aromatic rings. The normalized spacial score (nSPS) is 16.5. The first-order valence-electron chi connectivity index (χ1n) is 6.33. The molecule has 0 aliphatic heterocycles. The number of Topliss-reactive ketones (excluding diaryl/α,β-unsaturated/α-hetero) is 1. The van der Waals surface area contributed by atoms with Crippen molar-refractivity contribution in [3.8, 4) is 0 Å². The Labute approximate surface area is 111 Å². The second kappa shape index (κ2) is 4.81. The Morgan fingerprint density at radius 1 is 1.00 bits per heavy atom. The summed E-state index contributed by atoms with van der Waals surface area (Å²) in [5.74, 6) is -0.116. The van der Waals surface area contributed by atoms with Crippen LogP contribution in [0.15, 0.2) is 48.5 Å². The highest BCUT2D eigenvalue weighted by atomic mass is 19.1. The number of halogens is 1. The van der Waals surface area contributed by atoms with Gasteiger partial charge in [-0.25, -0.2) is 4.39 Å². The van der Waals surface area contributed by atoms with Crippen molar-refractivity contribution in [1.29, 1.82) is 0 Å². The third-order valence-electron chi connectivity index (χ3n) is 3.39. The van der Waals surface area contributed by atoms with Crippen LogP contribution in [0.4, 0.5) is 4.39 Å². The predicted molar refractivity (Wildman–Crippen MR) is 74.0 cm³/mol. The lowest BCUT2D eigenvalue weighted by molar-refractivity contribution is -0.113. The van der Waals surface area contributed by atoms with E-state index in [1.165, 1.54) is 12.1 Å². The molecule has 2 heteroatoms. The van der Waals surface area contributed by atoms with Crippen molar-refractivity contribution in [2.45, 2.75) is 12.8 Å². The summed E-state index contributed by atoms with van der Waals surface area (Å²) >= 11 is 0. The van der Waals surface area contributed by atoms with Crippen LogP contribution in [0.5, 0.6) is 0 Å². The van der Waals surface area contributed by atoms with Gasteiger partial charge in [0.1, 0.15) is 5.82 Å². The van der Waals surface area contributed by atoms with Crippen molar-refractivity contribution < 1.29 is 9.18 Å². The molecule has 94 valence electrons. The molecule has 19 heavy (non-hydrogen) atoms. The Balaban J connectivity index is 2.11. The van der Waals surface area contributed by atoms with E-state index in [0.29, 0.717) is 18.4 Å². The SMILES string of the molecule is O=C1CCc2cc(F)ccc2C1=Cc1ccccc1. The van der Waals surface area contributed by atoms with Gasteiger partial charge in [-0.2, -0.15) is 0 Å². The lowest BCUT2D eigenvalue weighted by Crippen LogP contribution is -2.12. The highest BCUT2D eigenvalue weighted by molar-refractivity contribution is 6.26. The van der Waals surface area contributed by atoms with Gasteiger partial charge < -0.3 is 0 Å². The fraction of sp³-hybridized carbons (Fsp3) is 0.118. The number of hydrogen-bond donors (Lipinski definition) is 0. The van der Waals surface area contributed by atoms with Crippen LogP contribution >= 0.6 is 0 Å². The third kappa shape index (κ3) is 2.34. The van der Waals surface area contributed by atoms with Crippen molar-refractivity contribution in [1.82, 2.24) is 0 Å². The van der Waals surface area contributed by atoms with Crippen LogP contribution < -0.4 is 0 Å². The van der Waals surface area contributed by atoms with E-state index in [2.05, 4.69) is 0 Å². The Kier molecular flexibility index (Phi) is 3.00. The molecule has 1 aliphatic rings. The minimum absolute atomic E-state index is 0.128. The van der Waals surface area contributed by atoms with Gasteiger partial charge in [-0.15, -0.1) is 0 Å². The average Bonchev–Trinajstić information content (AvgIpc) is 2.43. The molecule has 0 fully saturated rings. The summed E-state index contributed by atoms with van der Waals surface area (Å²) in [6.07, 6.45) is 2.96. The summed E-state index contributed by atoms with van der Waals surface area (Å²) in [5.41, 5.74) is 3.46. The first-order chi connectivity index (χ1) is 9.24. The van der Waals surface area contributed by atoms with Crippen LogP contribution in [0.1, 0.15) is 23.1 Å². The molecule has 3 rings (SSSR count). The number of benzene rings is 2. The minimum Gasteiger partial charge on any atom is -0.294 e. The van der Waals surface area contributed by atoms with E-state index in [-0.39, 0.29) is 11.6 Å². The molecule has 0 heterocycles. The van der Waals surface area contributed by atoms with Gasteiger partial charge in [0.05, 0.1) is 0 Å². The van der Waals surface area contributed by atoms with Crippen LogP contribution in [-0.2, 0) is 11.2 Å². The maximum absolute atomic E-state index is 13.2. The zero-order valence-corrected chi connectivity index (χ0v) is 10.4. The lowest BCUT2D eigenvalue weighted by Gasteiger charge is -2.18. The maximum atomic E-state index is 13.2. The number of carbonyl (C=O) groups is 1. The molecule has 0 atom stereocenters. The standard InChI is InChI=1S/C17H13FO/c18-14-7-8-15-13(11-14)6-9-17(19)16(15)10-12-4-2-1-3-5-12/h1-5,7-8,10-11H,6,9H2. The minimum atomic E-state index is -0.243. The van der Waals surface area contributed by atoms with Crippen molar-refractivity contribution >= 4 is 17.4 Å². The zero-order valence-electron chi connectivity index (χ0n) is 10.4. The Hall–Kier alpha value is -2.22. The van der Waals surface area contributed by atoms with Gasteiger partial charge in [0.2, 0.25) is 0 Å². The average molecular weight is 252 g/mol. The fourth-order valence-corrected chi connectivity index (χ4v) is 2.44. The Morgan fingerprint density at radius 3 is 2.58 bits per heavy atom. The Bertz CT molecular complexity index is 656. The zero-order chi connectivity index (χ0) is 13.2. The van der Waals surface area contributed by atoms with Crippen molar-refractivity contribution in [3.05, 3.63) is 71.0 Å². The van der Waals surface area contributed by atoms with Gasteiger partial charge >= 0.3 is 0 Å². The highest BCUT2D eigenvalue weighted by Gasteiger charge is 2.21. The largest absolute Gasteiger partial charge is 0.294 e. The summed E-state index contributed by atoms with van der Waals surface area (Å²) in [4.78, 5) is 12.1. The topological polar surface area (TPSA) is 17.1 Å². The molecule has 2 aromatic carbocycles. The second-order valence-electron chi connectivity index (χ2n) is 4.69. The van der Waals surface area contributed by atoms with Gasteiger partial charge in [-0.05, 0) is 41.3 Å². The fourth-order valence-electron chi connectivity index (χ4n) is 2.44. The van der Waals surface area contributed by atoms with E-state index in [0.717, 1.165) is 16.7 Å². The molecular formula is C17H13FO. The van der Waals surface area contributed by atoms with Gasteiger partial charge in [0.25, 0.3) is 0 Å². The van der Waals surface area contributed by atoms with E-state index < -0.39 is 0 Å². The lowest BCUT2D eigenvalue weighted by atomic mass is 9.85. The van der Waals surface area contributed by atoms with E-state index in [4.69, 9.17) is 0 Å². The number of carbonyl (C=O) groups excluding carboxylic acids is 1. The molecule has 1 nitrogen and oxygen atoms in total. The van der Waals surface area contributed by atoms with Crippen LogP contribution in [0.3, 0.4) is 0 Å². The molecule has 0 unspecified atom stereocenters. The predicted octanol–water partition coefficient (Wildman–Crippen LogP) is 3.88. The highest BCUT2D eigenvalue weighted by Crippen LogP contribution is 2.30. The van der Waals surface area contributed by atoms with Crippen molar-refractivity contribution in [3.63, 3.8) is 0 Å². The number of rotatable bonds is 1. The summed E-state index contributed by atoms with van der Waals surface area (Å²) in [6.45, 7) is 0. The molecule has 0 saturated carbocycles. The number of fused-ring (bicyclic) bond motifs is 1. The van der Waals surface area contributed by atoms with Gasteiger partial charge in [0.15, 0.2) is 5.78 Å². The summed E-state index contributed by atoms with van der Waals surface area (Å²) in [6, 6.07) is 14.4. The van der Waals surface area contributed by atoms with E-state index in [9.17, 15) is 9.18 Å². The first-order valence-corrected chi connectivity index (χ1v) is 6.33. The van der Waals surface area contributed by atoms with Gasteiger partial charge in [0, 0.05) is 12.0 Å². The molecule has 1 aliphatic carbocycles. The maximum Gasteiger partial charge on any atom is 0.163 e. The first kappa shape index (κ1) is 11.8. The summed E-state index contributed by atoms with van der Waals surface area (Å²) in [5, 5.41) is 0. The van der Waals surface area contributed by atoms with Crippen LogP contribution in [0.25, 0.3) is 11.6 Å². The molecule has 0 aromatic heterocycles. The van der Waals surface area contributed by atoms with E-state index in [1.807, 2.05) is 36.4 Å². The number of aryl methyl sites for hydroxylation is 1. The van der Waals surface area contributed by atoms with Gasteiger partial charge in [-0.3, -0.25) is 4.79 Å². The molecule has 0 N–H and O–H groups in total. The number of hydrogen-bond acceptors (Lipinski definition) is 1. The van der Waals surface area contributed by atoms with Gasteiger partial charge in [-0.1, -0.05) is 36.4 Å². The molecular weight excluding hydrogens is 239 g/mol. The second-order valence-corrected chi connectivity index (χ2v) is 4.69. The van der Waals surface area contributed by atoms with Crippen molar-refractivity contribution in [2.75, 3.05) is 0 Å². The number of allylic oxidation sites excluding steroid dienone is 1. The summed E-state index contributed by atoms with van der Waals surface area (Å²) < 4.78 is 13.2. The molecule has 0 bridgehead atoms. The molecule has 0 saturated heterocycles. The van der Waals surface area contributed by atoms with E-state index >= 15 is 0 Å². The van der Waals surface area contributed by atoms with Crippen molar-refractivity contribution in [2.24, 2.45) is 0 Å². The van der Waals surface area contributed by atoms with Crippen LogP contribution in [-0.4, -0.2) is 5.78 Å². The molecule has 0 spiro atoms.